The summed E-state index contributed by atoms with van der Waals surface area (Å²) in [6.07, 6.45) is 15.7. The average Bonchev–Trinajstić information content (AvgIpc) is 2.69. The van der Waals surface area contributed by atoms with Gasteiger partial charge >= 0.3 is 0 Å². The lowest BCUT2D eigenvalue weighted by molar-refractivity contribution is -0.110. The zero-order valence-corrected chi connectivity index (χ0v) is 16.3. The molecule has 3 heteroatoms. The molecule has 0 radical (unpaired) electrons. The van der Waals surface area contributed by atoms with Crippen molar-refractivity contribution in [1.29, 1.82) is 0 Å². The molecule has 0 saturated heterocycles. The van der Waals surface area contributed by atoms with E-state index in [1.54, 1.807) is 36.4 Å². The first kappa shape index (κ1) is 21.0. The molecule has 0 aliphatic heterocycles. The fraction of sp³-hybridized carbons (Fsp3) is 0.160. The van der Waals surface area contributed by atoms with Crippen LogP contribution in [0.5, 0.6) is 11.5 Å². The molecule has 2 aromatic rings. The van der Waals surface area contributed by atoms with E-state index in [0.717, 1.165) is 24.0 Å². The Hall–Kier alpha value is -3.33. The van der Waals surface area contributed by atoms with E-state index >= 15 is 0 Å². The third kappa shape index (κ3) is 6.44. The van der Waals surface area contributed by atoms with Crippen LogP contribution in [0.15, 0.2) is 60.7 Å². The summed E-state index contributed by atoms with van der Waals surface area (Å²) < 4.78 is 0. The Balaban J connectivity index is 2.05. The summed E-state index contributed by atoms with van der Waals surface area (Å²) in [4.78, 5) is 12.1. The predicted molar refractivity (Wildman–Crippen MR) is 118 cm³/mol. The number of carbonyl (C=O) groups is 1. The van der Waals surface area contributed by atoms with Crippen LogP contribution in [0.1, 0.15) is 48.9 Å². The maximum atomic E-state index is 12.1. The van der Waals surface area contributed by atoms with Crippen LogP contribution in [0.3, 0.4) is 0 Å². The molecule has 0 aliphatic rings. The molecule has 0 unspecified atom stereocenters. The van der Waals surface area contributed by atoms with E-state index in [1.165, 1.54) is 12.2 Å². The topological polar surface area (TPSA) is 57.5 Å². The highest BCUT2D eigenvalue weighted by atomic mass is 16.3. The van der Waals surface area contributed by atoms with Crippen molar-refractivity contribution in [3.63, 3.8) is 0 Å². The second-order valence-electron chi connectivity index (χ2n) is 6.33. The van der Waals surface area contributed by atoms with Crippen molar-refractivity contribution in [2.24, 2.45) is 0 Å². The lowest BCUT2D eigenvalue weighted by atomic mass is 10.1. The van der Waals surface area contributed by atoms with Crippen molar-refractivity contribution < 1.29 is 15.0 Å². The first-order chi connectivity index (χ1) is 13.5. The van der Waals surface area contributed by atoms with E-state index in [0.29, 0.717) is 11.1 Å². The lowest BCUT2D eigenvalue weighted by Crippen LogP contribution is -1.86. The van der Waals surface area contributed by atoms with Gasteiger partial charge in [-0.1, -0.05) is 62.4 Å². The number of hydrogen-bond acceptors (Lipinski definition) is 3. The summed E-state index contributed by atoms with van der Waals surface area (Å²) in [7, 11) is 0. The highest BCUT2D eigenvalue weighted by Crippen LogP contribution is 2.22. The van der Waals surface area contributed by atoms with Gasteiger partial charge in [0.1, 0.15) is 11.5 Å². The predicted octanol–water partition coefficient (Wildman–Crippen LogP) is 6.24. The molecule has 0 aliphatic carbocycles. The van der Waals surface area contributed by atoms with Crippen molar-refractivity contribution in [2.45, 2.75) is 26.7 Å². The minimum atomic E-state index is -0.233. The highest BCUT2D eigenvalue weighted by molar-refractivity contribution is 6.04. The maximum absolute atomic E-state index is 12.1. The van der Waals surface area contributed by atoms with Gasteiger partial charge in [-0.05, 0) is 60.4 Å². The number of rotatable bonds is 8. The SMILES string of the molecule is CCC=Cc1ccc(C=CC(=O)C=Cc2ccc(C=CCC)cc2O)c(O)c1. The highest BCUT2D eigenvalue weighted by Gasteiger charge is 2.01. The Bertz CT molecular complexity index is 855. The Morgan fingerprint density at radius 3 is 1.54 bits per heavy atom. The van der Waals surface area contributed by atoms with E-state index in [9.17, 15) is 15.0 Å². The number of phenolic OH excluding ortho intramolecular Hbond substituents is 2. The Morgan fingerprint density at radius 2 is 1.18 bits per heavy atom. The molecule has 0 heterocycles. The molecule has 28 heavy (non-hydrogen) atoms. The zero-order valence-electron chi connectivity index (χ0n) is 16.3. The minimum Gasteiger partial charge on any atom is -0.507 e. The van der Waals surface area contributed by atoms with Crippen LogP contribution in [0, 0.1) is 0 Å². The van der Waals surface area contributed by atoms with Crippen LogP contribution < -0.4 is 0 Å². The van der Waals surface area contributed by atoms with E-state index in [-0.39, 0.29) is 17.3 Å². The molecule has 2 rings (SSSR count). The van der Waals surface area contributed by atoms with E-state index in [2.05, 4.69) is 0 Å². The average molecular weight is 374 g/mol. The van der Waals surface area contributed by atoms with Gasteiger partial charge in [0.2, 0.25) is 0 Å². The number of allylic oxidation sites excluding steroid dienone is 4. The molecule has 2 aromatic carbocycles. The Kier molecular flexibility index (Phi) is 8.04. The second-order valence-corrected chi connectivity index (χ2v) is 6.33. The summed E-state index contributed by atoms with van der Waals surface area (Å²) >= 11 is 0. The van der Waals surface area contributed by atoms with E-state index in [4.69, 9.17) is 0 Å². The third-order valence-corrected chi connectivity index (χ3v) is 4.06. The van der Waals surface area contributed by atoms with Crippen molar-refractivity contribution in [3.8, 4) is 11.5 Å². The van der Waals surface area contributed by atoms with Crippen LogP contribution in [0.4, 0.5) is 0 Å². The molecular weight excluding hydrogens is 348 g/mol. The first-order valence-corrected chi connectivity index (χ1v) is 9.42. The summed E-state index contributed by atoms with van der Waals surface area (Å²) in [6.45, 7) is 4.09. The van der Waals surface area contributed by atoms with Gasteiger partial charge in [0.25, 0.3) is 0 Å². The van der Waals surface area contributed by atoms with Crippen LogP contribution in [-0.2, 0) is 4.79 Å². The minimum absolute atomic E-state index is 0.125. The molecule has 0 spiro atoms. The molecule has 2 N–H and O–H groups in total. The number of benzene rings is 2. The van der Waals surface area contributed by atoms with Gasteiger partial charge in [-0.3, -0.25) is 4.79 Å². The standard InChI is InChI=1S/C25H26O3/c1-3-5-7-19-9-11-21(24(27)17-19)13-15-23(26)16-14-22-12-10-20(8-6-4-2)18-25(22)28/h5-18,27-28H,3-4H2,1-2H3. The van der Waals surface area contributed by atoms with Gasteiger partial charge in [-0.2, -0.15) is 0 Å². The van der Waals surface area contributed by atoms with Gasteiger partial charge in [0.15, 0.2) is 5.78 Å². The summed E-state index contributed by atoms with van der Waals surface area (Å²) in [5.74, 6) is 0.0167. The zero-order chi connectivity index (χ0) is 20.4. The number of carbonyl (C=O) groups excluding carboxylic acids is 1. The fourth-order valence-corrected chi connectivity index (χ4v) is 2.52. The molecule has 0 aromatic heterocycles. The van der Waals surface area contributed by atoms with Crippen molar-refractivity contribution >= 4 is 30.1 Å². The molecular formula is C25H26O3. The van der Waals surface area contributed by atoms with Crippen LogP contribution >= 0.6 is 0 Å². The quantitative estimate of drug-likeness (QED) is 0.538. The second kappa shape index (κ2) is 10.7. The van der Waals surface area contributed by atoms with Crippen LogP contribution in [0.25, 0.3) is 24.3 Å². The summed E-state index contributed by atoms with van der Waals surface area (Å²) in [5, 5.41) is 20.2. The van der Waals surface area contributed by atoms with Gasteiger partial charge in [0, 0.05) is 11.1 Å². The summed E-state index contributed by atoms with van der Waals surface area (Å²) in [6, 6.07) is 10.6. The van der Waals surface area contributed by atoms with E-state index in [1.807, 2.05) is 50.3 Å². The first-order valence-electron chi connectivity index (χ1n) is 9.42. The molecule has 0 amide bonds. The molecule has 0 fully saturated rings. The third-order valence-electron chi connectivity index (χ3n) is 4.06. The van der Waals surface area contributed by atoms with Gasteiger partial charge < -0.3 is 10.2 Å². The maximum Gasteiger partial charge on any atom is 0.178 e. The van der Waals surface area contributed by atoms with Gasteiger partial charge in [-0.15, -0.1) is 0 Å². The monoisotopic (exact) mass is 374 g/mol. The van der Waals surface area contributed by atoms with Crippen LogP contribution in [0.2, 0.25) is 0 Å². The number of ketones is 1. The largest absolute Gasteiger partial charge is 0.507 e. The Labute approximate surface area is 166 Å². The molecule has 0 atom stereocenters. The molecule has 3 nitrogen and oxygen atoms in total. The molecule has 0 saturated carbocycles. The smallest absolute Gasteiger partial charge is 0.178 e. The number of aromatic hydroxyl groups is 2. The van der Waals surface area contributed by atoms with Crippen LogP contribution in [-0.4, -0.2) is 16.0 Å². The lowest BCUT2D eigenvalue weighted by Gasteiger charge is -2.01. The van der Waals surface area contributed by atoms with Gasteiger partial charge in [0.05, 0.1) is 0 Å². The normalized spacial score (nSPS) is 12.1. The fourth-order valence-electron chi connectivity index (χ4n) is 2.52. The van der Waals surface area contributed by atoms with Gasteiger partial charge in [-0.25, -0.2) is 0 Å². The van der Waals surface area contributed by atoms with Crippen molar-refractivity contribution in [1.82, 2.24) is 0 Å². The van der Waals surface area contributed by atoms with Crippen molar-refractivity contribution in [2.75, 3.05) is 0 Å². The Morgan fingerprint density at radius 1 is 0.750 bits per heavy atom. The molecule has 0 bridgehead atoms. The number of hydrogen-bond donors (Lipinski definition) is 2. The summed E-state index contributed by atoms with van der Waals surface area (Å²) in [5.41, 5.74) is 2.97. The molecule has 144 valence electrons. The van der Waals surface area contributed by atoms with E-state index < -0.39 is 0 Å². The van der Waals surface area contributed by atoms with Crippen molar-refractivity contribution in [3.05, 3.63) is 83.0 Å². The number of phenols is 2.